The molecule has 0 saturated heterocycles. The maximum atomic E-state index is 5.33. The highest BCUT2D eigenvalue weighted by atomic mass is 32.2. The molecule has 0 aliphatic heterocycles. The molecule has 2 rings (SSSR count). The molecular formula is C12H15N3S2. The molecule has 0 atom stereocenters. The van der Waals surface area contributed by atoms with Crippen molar-refractivity contribution in [3.8, 4) is 0 Å². The Kier molecular flexibility index (Phi) is 4.02. The summed E-state index contributed by atoms with van der Waals surface area (Å²) in [4.78, 5) is 7.62. The lowest BCUT2D eigenvalue weighted by atomic mass is 10.3. The number of aromatic amines is 1. The molecule has 1 N–H and O–H groups in total. The lowest BCUT2D eigenvalue weighted by Gasteiger charge is -2.03. The van der Waals surface area contributed by atoms with Crippen molar-refractivity contribution in [2.24, 2.45) is 0 Å². The molecule has 2 aromatic heterocycles. The topological polar surface area (TPSA) is 33.6 Å². The van der Waals surface area contributed by atoms with Gasteiger partial charge in [0.15, 0.2) is 10.4 Å². The highest BCUT2D eigenvalue weighted by molar-refractivity contribution is 7.99. The van der Waals surface area contributed by atoms with Crippen LogP contribution < -0.4 is 0 Å². The van der Waals surface area contributed by atoms with Crippen LogP contribution in [0.15, 0.2) is 24.9 Å². The van der Waals surface area contributed by atoms with Gasteiger partial charge in [-0.05, 0) is 30.8 Å². The van der Waals surface area contributed by atoms with Crippen molar-refractivity contribution in [1.29, 1.82) is 0 Å². The fourth-order valence-corrected chi connectivity index (χ4v) is 2.63. The van der Waals surface area contributed by atoms with Gasteiger partial charge in [0, 0.05) is 24.2 Å². The zero-order valence-corrected chi connectivity index (χ0v) is 11.4. The zero-order chi connectivity index (χ0) is 12.3. The van der Waals surface area contributed by atoms with E-state index < -0.39 is 0 Å². The second kappa shape index (κ2) is 5.51. The summed E-state index contributed by atoms with van der Waals surface area (Å²) >= 11 is 7.17. The minimum atomic E-state index is 0.751. The van der Waals surface area contributed by atoms with Crippen molar-refractivity contribution >= 4 is 35.1 Å². The molecule has 0 spiro atoms. The molecule has 0 aromatic carbocycles. The second-order valence-corrected chi connectivity index (χ2v) is 5.31. The normalized spacial score (nSPS) is 10.9. The van der Waals surface area contributed by atoms with Crippen molar-refractivity contribution in [1.82, 2.24) is 14.5 Å². The van der Waals surface area contributed by atoms with Gasteiger partial charge in [0.2, 0.25) is 0 Å². The third-order valence-electron chi connectivity index (χ3n) is 2.57. The Morgan fingerprint density at radius 2 is 2.47 bits per heavy atom. The van der Waals surface area contributed by atoms with Crippen LogP contribution in [0.2, 0.25) is 0 Å². The summed E-state index contributed by atoms with van der Waals surface area (Å²) in [5.41, 5.74) is 3.18. The number of nitrogens with zero attached hydrogens (tertiary/aromatic N) is 2. The van der Waals surface area contributed by atoms with E-state index in [1.165, 1.54) is 5.56 Å². The molecule has 0 aliphatic carbocycles. The number of rotatable bonds is 5. The highest BCUT2D eigenvalue weighted by Crippen LogP contribution is 2.16. The summed E-state index contributed by atoms with van der Waals surface area (Å²) in [5.74, 6) is 1.99. The van der Waals surface area contributed by atoms with Crippen molar-refractivity contribution in [2.75, 3.05) is 11.5 Å². The number of imidazole rings is 1. The van der Waals surface area contributed by atoms with E-state index in [1.54, 1.807) is 0 Å². The van der Waals surface area contributed by atoms with Gasteiger partial charge in [-0.1, -0.05) is 6.08 Å². The van der Waals surface area contributed by atoms with Crippen LogP contribution in [0.1, 0.15) is 5.56 Å². The summed E-state index contributed by atoms with van der Waals surface area (Å²) in [5, 5.41) is 0. The van der Waals surface area contributed by atoms with E-state index in [1.807, 2.05) is 30.1 Å². The Balaban J connectivity index is 2.27. The molecule has 0 radical (unpaired) electrons. The number of hydrogen-bond acceptors (Lipinski definition) is 3. The number of pyridine rings is 1. The molecule has 2 aromatic rings. The maximum absolute atomic E-state index is 5.33. The molecule has 0 fully saturated rings. The fraction of sp³-hybridized carbons (Fsp3) is 0.333. The average Bonchev–Trinajstić information content (AvgIpc) is 2.63. The van der Waals surface area contributed by atoms with Crippen LogP contribution in [-0.4, -0.2) is 26.0 Å². The Bertz CT molecular complexity index is 583. The first kappa shape index (κ1) is 12.4. The first-order valence-electron chi connectivity index (χ1n) is 5.47. The molecule has 3 nitrogen and oxygen atoms in total. The van der Waals surface area contributed by atoms with Gasteiger partial charge in [-0.15, -0.1) is 6.58 Å². The van der Waals surface area contributed by atoms with Crippen LogP contribution in [0.4, 0.5) is 0 Å². The predicted octanol–water partition coefficient (Wildman–Crippen LogP) is 3.32. The Labute approximate surface area is 110 Å². The quantitative estimate of drug-likeness (QED) is 0.511. The molecule has 2 heterocycles. The molecule has 0 amide bonds. The maximum Gasteiger partial charge on any atom is 0.179 e. The van der Waals surface area contributed by atoms with Crippen molar-refractivity contribution in [2.45, 2.75) is 13.5 Å². The third-order valence-corrected chi connectivity index (χ3v) is 3.83. The number of fused-ring (bicyclic) bond motifs is 1. The van der Waals surface area contributed by atoms with E-state index in [0.717, 1.165) is 34.0 Å². The van der Waals surface area contributed by atoms with Crippen LogP contribution in [0.25, 0.3) is 11.2 Å². The predicted molar refractivity (Wildman–Crippen MR) is 77.2 cm³/mol. The smallest absolute Gasteiger partial charge is 0.179 e. The second-order valence-electron chi connectivity index (χ2n) is 3.77. The number of H-pyrrole nitrogens is 1. The molecule has 0 saturated carbocycles. The molecule has 0 bridgehead atoms. The van der Waals surface area contributed by atoms with Gasteiger partial charge in [-0.3, -0.25) is 0 Å². The van der Waals surface area contributed by atoms with E-state index in [-0.39, 0.29) is 0 Å². The number of thioether (sulfide) groups is 1. The van der Waals surface area contributed by atoms with Gasteiger partial charge in [-0.2, -0.15) is 11.8 Å². The summed E-state index contributed by atoms with van der Waals surface area (Å²) in [6.45, 7) is 6.65. The lowest BCUT2D eigenvalue weighted by molar-refractivity contribution is 0.775. The Hall–Kier alpha value is -1.07. The Morgan fingerprint density at radius 3 is 3.24 bits per heavy atom. The largest absolute Gasteiger partial charge is 0.329 e. The van der Waals surface area contributed by atoms with Gasteiger partial charge in [0.1, 0.15) is 0 Å². The van der Waals surface area contributed by atoms with Crippen LogP contribution in [-0.2, 0) is 6.54 Å². The minimum Gasteiger partial charge on any atom is -0.329 e. The van der Waals surface area contributed by atoms with Crippen molar-refractivity contribution in [3.63, 3.8) is 0 Å². The number of aromatic nitrogens is 3. The summed E-state index contributed by atoms with van der Waals surface area (Å²) in [6, 6.07) is 1.99. The van der Waals surface area contributed by atoms with Gasteiger partial charge < -0.3 is 9.55 Å². The van der Waals surface area contributed by atoms with Gasteiger partial charge in [0.05, 0.1) is 5.52 Å². The summed E-state index contributed by atoms with van der Waals surface area (Å²) in [6.07, 6.45) is 3.75. The monoisotopic (exact) mass is 265 g/mol. The number of nitrogens with one attached hydrogen (secondary N) is 1. The number of hydrogen-bond donors (Lipinski definition) is 1. The summed E-state index contributed by atoms with van der Waals surface area (Å²) in [7, 11) is 0. The molecule has 5 heteroatoms. The van der Waals surface area contributed by atoms with Crippen molar-refractivity contribution in [3.05, 3.63) is 35.3 Å². The van der Waals surface area contributed by atoms with E-state index in [0.29, 0.717) is 0 Å². The van der Waals surface area contributed by atoms with E-state index in [4.69, 9.17) is 12.2 Å². The average molecular weight is 265 g/mol. The van der Waals surface area contributed by atoms with Crippen molar-refractivity contribution < 1.29 is 0 Å². The van der Waals surface area contributed by atoms with Gasteiger partial charge in [0.25, 0.3) is 0 Å². The van der Waals surface area contributed by atoms with E-state index >= 15 is 0 Å². The van der Waals surface area contributed by atoms with Crippen LogP contribution >= 0.6 is 24.0 Å². The first-order chi connectivity index (χ1) is 8.24. The molecule has 0 unspecified atom stereocenters. The van der Waals surface area contributed by atoms with Gasteiger partial charge in [-0.25, -0.2) is 4.98 Å². The lowest BCUT2D eigenvalue weighted by Crippen LogP contribution is -2.01. The molecule has 17 heavy (non-hydrogen) atoms. The highest BCUT2D eigenvalue weighted by Gasteiger charge is 2.06. The van der Waals surface area contributed by atoms with E-state index in [2.05, 4.69) is 28.0 Å². The summed E-state index contributed by atoms with van der Waals surface area (Å²) < 4.78 is 2.81. The van der Waals surface area contributed by atoms with Crippen LogP contribution in [0.5, 0.6) is 0 Å². The zero-order valence-electron chi connectivity index (χ0n) is 9.77. The Morgan fingerprint density at radius 1 is 1.65 bits per heavy atom. The van der Waals surface area contributed by atoms with E-state index in [9.17, 15) is 0 Å². The fourth-order valence-electron chi connectivity index (χ4n) is 1.70. The molecular weight excluding hydrogens is 250 g/mol. The minimum absolute atomic E-state index is 0.751. The van der Waals surface area contributed by atoms with Gasteiger partial charge >= 0.3 is 0 Å². The standard InChI is InChI=1S/C12H15N3S2/c1-3-7-17-8-6-15-11-10(14-12(15)16)9(2)4-5-13-11/h3-5H,1,6-8H2,2H3,(H,14,16). The van der Waals surface area contributed by atoms with Crippen LogP contribution in [0.3, 0.4) is 0 Å². The molecule has 90 valence electrons. The first-order valence-corrected chi connectivity index (χ1v) is 7.03. The SMILES string of the molecule is C=CCSCCn1c(=S)[nH]c2c(C)ccnc21. The number of aryl methyl sites for hydroxylation is 2. The van der Waals surface area contributed by atoms with Crippen LogP contribution in [0, 0.1) is 11.7 Å². The third kappa shape index (κ3) is 2.61. The molecule has 0 aliphatic rings.